The van der Waals surface area contributed by atoms with E-state index in [0.29, 0.717) is 29.5 Å². The van der Waals surface area contributed by atoms with Crippen LogP contribution in [0.3, 0.4) is 0 Å². The summed E-state index contributed by atoms with van der Waals surface area (Å²) in [7, 11) is 0. The molecule has 1 aromatic heterocycles. The quantitative estimate of drug-likeness (QED) is 0.646. The highest BCUT2D eigenvalue weighted by molar-refractivity contribution is 8.00. The van der Waals surface area contributed by atoms with Crippen LogP contribution in [-0.2, 0) is 11.3 Å². The lowest BCUT2D eigenvalue weighted by atomic mass is 10.2. The molecule has 3 rings (SSSR count). The number of hydrogen-bond donors (Lipinski definition) is 1. The lowest BCUT2D eigenvalue weighted by Crippen LogP contribution is -2.25. The zero-order valence-electron chi connectivity index (χ0n) is 14.3. The third kappa shape index (κ3) is 3.94. The van der Waals surface area contributed by atoms with Crippen LogP contribution in [0.5, 0.6) is 0 Å². The average Bonchev–Trinajstić information content (AvgIpc) is 3.03. The molecule has 0 saturated carbocycles. The maximum absolute atomic E-state index is 14.3. The summed E-state index contributed by atoms with van der Waals surface area (Å²) >= 11 is 1.26. The van der Waals surface area contributed by atoms with E-state index < -0.39 is 11.2 Å². The molecule has 1 unspecified atom stereocenters. The van der Waals surface area contributed by atoms with Crippen molar-refractivity contribution in [1.82, 2.24) is 14.8 Å². The summed E-state index contributed by atoms with van der Waals surface area (Å²) in [6.45, 7) is 2.35. The largest absolute Gasteiger partial charge is 0.369 e. The molecule has 1 heterocycles. The van der Waals surface area contributed by atoms with Gasteiger partial charge >= 0.3 is 0 Å². The normalized spacial score (nSPS) is 12.1. The summed E-state index contributed by atoms with van der Waals surface area (Å²) < 4.78 is 16.1. The van der Waals surface area contributed by atoms with Gasteiger partial charge in [0.15, 0.2) is 11.0 Å². The number of nitrogens with two attached hydrogens (primary N) is 1. The molecule has 0 aliphatic heterocycles. The van der Waals surface area contributed by atoms with E-state index in [1.807, 2.05) is 41.8 Å². The molecule has 0 saturated heterocycles. The van der Waals surface area contributed by atoms with Crippen molar-refractivity contribution in [1.29, 1.82) is 0 Å². The molecular weight excluding hydrogens is 351 g/mol. The van der Waals surface area contributed by atoms with Gasteiger partial charge in [0.25, 0.3) is 0 Å². The van der Waals surface area contributed by atoms with E-state index in [9.17, 15) is 9.18 Å². The third-order valence-electron chi connectivity index (χ3n) is 3.95. The molecule has 134 valence electrons. The molecular formula is C19H19FN4OS. The standard InChI is InChI=1S/C19H19FN4OS/c1-2-16(17(21)25)26-19-23-22-18(14-10-6-7-11-15(14)20)24(19)12-13-8-4-3-5-9-13/h3-11,16H,2,12H2,1H3,(H2,21,25). The minimum absolute atomic E-state index is 0.368. The fourth-order valence-corrected chi connectivity index (χ4v) is 3.50. The predicted octanol–water partition coefficient (Wildman–Crippen LogP) is 3.49. The zero-order chi connectivity index (χ0) is 18.5. The van der Waals surface area contributed by atoms with Crippen molar-refractivity contribution in [2.24, 2.45) is 5.73 Å². The fraction of sp³-hybridized carbons (Fsp3) is 0.211. The molecule has 5 nitrogen and oxygen atoms in total. The second kappa shape index (κ2) is 8.14. The topological polar surface area (TPSA) is 73.8 Å². The van der Waals surface area contributed by atoms with Crippen molar-refractivity contribution in [2.45, 2.75) is 30.3 Å². The van der Waals surface area contributed by atoms with Crippen LogP contribution in [-0.4, -0.2) is 25.9 Å². The van der Waals surface area contributed by atoms with Gasteiger partial charge in [-0.05, 0) is 24.1 Å². The minimum atomic E-state index is -0.415. The minimum Gasteiger partial charge on any atom is -0.369 e. The summed E-state index contributed by atoms with van der Waals surface area (Å²) in [5.74, 6) is -0.347. The molecule has 0 aliphatic carbocycles. The van der Waals surface area contributed by atoms with Gasteiger partial charge in [0.05, 0.1) is 17.4 Å². The Bertz CT molecular complexity index is 898. The van der Waals surface area contributed by atoms with E-state index in [4.69, 9.17) is 5.73 Å². The molecule has 0 spiro atoms. The van der Waals surface area contributed by atoms with E-state index in [2.05, 4.69) is 10.2 Å². The van der Waals surface area contributed by atoms with Gasteiger partial charge < -0.3 is 5.73 Å². The van der Waals surface area contributed by atoms with E-state index in [-0.39, 0.29) is 5.82 Å². The molecule has 2 N–H and O–H groups in total. The van der Waals surface area contributed by atoms with Gasteiger partial charge in [-0.25, -0.2) is 4.39 Å². The lowest BCUT2D eigenvalue weighted by Gasteiger charge is -2.13. The van der Waals surface area contributed by atoms with Crippen molar-refractivity contribution < 1.29 is 9.18 Å². The highest BCUT2D eigenvalue weighted by Crippen LogP contribution is 2.29. The number of amides is 1. The molecule has 0 fully saturated rings. The molecule has 7 heteroatoms. The first-order chi connectivity index (χ1) is 12.6. The summed E-state index contributed by atoms with van der Waals surface area (Å²) in [6.07, 6.45) is 0.577. The van der Waals surface area contributed by atoms with Crippen molar-refractivity contribution in [3.63, 3.8) is 0 Å². The first kappa shape index (κ1) is 18.1. The van der Waals surface area contributed by atoms with Gasteiger partial charge in [0, 0.05) is 0 Å². The fourth-order valence-electron chi connectivity index (χ4n) is 2.60. The van der Waals surface area contributed by atoms with Crippen molar-refractivity contribution in [3.8, 4) is 11.4 Å². The van der Waals surface area contributed by atoms with Gasteiger partial charge in [-0.3, -0.25) is 9.36 Å². The molecule has 1 amide bonds. The number of benzene rings is 2. The summed E-state index contributed by atoms with van der Waals surface area (Å²) in [5, 5.41) is 8.52. The molecule has 0 bridgehead atoms. The highest BCUT2D eigenvalue weighted by Gasteiger charge is 2.22. The molecule has 1 atom stereocenters. The number of primary amides is 1. The monoisotopic (exact) mass is 370 g/mol. The Labute approximate surface area is 155 Å². The number of nitrogens with zero attached hydrogens (tertiary/aromatic N) is 3. The van der Waals surface area contributed by atoms with E-state index in [1.165, 1.54) is 17.8 Å². The Hall–Kier alpha value is -2.67. The molecule has 0 aliphatic rings. The summed E-state index contributed by atoms with van der Waals surface area (Å²) in [4.78, 5) is 11.6. The maximum atomic E-state index is 14.3. The number of carbonyl (C=O) groups excluding carboxylic acids is 1. The highest BCUT2D eigenvalue weighted by atomic mass is 32.2. The first-order valence-electron chi connectivity index (χ1n) is 8.28. The summed E-state index contributed by atoms with van der Waals surface area (Å²) in [5.41, 5.74) is 6.86. The van der Waals surface area contributed by atoms with Crippen LogP contribution < -0.4 is 5.73 Å². The van der Waals surface area contributed by atoms with Crippen LogP contribution in [0.2, 0.25) is 0 Å². The zero-order valence-corrected chi connectivity index (χ0v) is 15.1. The Morgan fingerprint density at radius 2 is 1.85 bits per heavy atom. The number of aromatic nitrogens is 3. The number of halogens is 1. The average molecular weight is 370 g/mol. The Morgan fingerprint density at radius 3 is 2.50 bits per heavy atom. The van der Waals surface area contributed by atoms with Crippen LogP contribution in [0.1, 0.15) is 18.9 Å². The number of rotatable bonds is 7. The van der Waals surface area contributed by atoms with Crippen LogP contribution >= 0.6 is 11.8 Å². The molecule has 26 heavy (non-hydrogen) atoms. The maximum Gasteiger partial charge on any atom is 0.231 e. The van der Waals surface area contributed by atoms with Gasteiger partial charge in [0.1, 0.15) is 5.82 Å². The van der Waals surface area contributed by atoms with E-state index in [1.54, 1.807) is 18.2 Å². The van der Waals surface area contributed by atoms with Crippen LogP contribution in [0.4, 0.5) is 4.39 Å². The Morgan fingerprint density at radius 1 is 1.15 bits per heavy atom. The van der Waals surface area contributed by atoms with Gasteiger partial charge in [-0.2, -0.15) is 0 Å². The van der Waals surface area contributed by atoms with Gasteiger partial charge in [-0.1, -0.05) is 61.2 Å². The number of hydrogen-bond acceptors (Lipinski definition) is 4. The second-order valence-electron chi connectivity index (χ2n) is 5.77. The first-order valence-corrected chi connectivity index (χ1v) is 9.16. The smallest absolute Gasteiger partial charge is 0.231 e. The third-order valence-corrected chi connectivity index (χ3v) is 5.31. The summed E-state index contributed by atoms with van der Waals surface area (Å²) in [6, 6.07) is 16.2. The lowest BCUT2D eigenvalue weighted by molar-refractivity contribution is -0.117. The van der Waals surface area contributed by atoms with Crippen molar-refractivity contribution >= 4 is 17.7 Å². The predicted molar refractivity (Wildman–Crippen MR) is 100 cm³/mol. The molecule has 0 radical (unpaired) electrons. The molecule has 3 aromatic rings. The van der Waals surface area contributed by atoms with Crippen LogP contribution in [0.15, 0.2) is 59.8 Å². The SMILES string of the molecule is CCC(Sc1nnc(-c2ccccc2F)n1Cc1ccccc1)C(N)=O. The molecule has 2 aromatic carbocycles. The Balaban J connectivity index is 2.05. The van der Waals surface area contributed by atoms with Crippen molar-refractivity contribution in [3.05, 3.63) is 66.0 Å². The van der Waals surface area contributed by atoms with Crippen molar-refractivity contribution in [2.75, 3.05) is 0 Å². The number of thioether (sulfide) groups is 1. The Kier molecular flexibility index (Phi) is 5.68. The second-order valence-corrected chi connectivity index (χ2v) is 6.94. The van der Waals surface area contributed by atoms with Gasteiger partial charge in [-0.15, -0.1) is 10.2 Å². The van der Waals surface area contributed by atoms with Gasteiger partial charge in [0.2, 0.25) is 5.91 Å². The number of carbonyl (C=O) groups is 1. The van der Waals surface area contributed by atoms with E-state index >= 15 is 0 Å². The van der Waals surface area contributed by atoms with Crippen LogP contribution in [0.25, 0.3) is 11.4 Å². The van der Waals surface area contributed by atoms with Crippen LogP contribution in [0, 0.1) is 5.82 Å². The van der Waals surface area contributed by atoms with E-state index in [0.717, 1.165) is 5.56 Å².